The van der Waals surface area contributed by atoms with Crippen molar-refractivity contribution in [1.82, 2.24) is 9.97 Å². The summed E-state index contributed by atoms with van der Waals surface area (Å²) in [6.45, 7) is 2.06. The van der Waals surface area contributed by atoms with Crippen LogP contribution < -0.4 is 5.73 Å². The molecule has 0 aliphatic carbocycles. The van der Waals surface area contributed by atoms with Crippen LogP contribution in [0.3, 0.4) is 0 Å². The molecule has 0 radical (unpaired) electrons. The molecule has 3 heteroatoms. The number of anilines is 1. The van der Waals surface area contributed by atoms with Crippen LogP contribution in [0.4, 0.5) is 5.82 Å². The first kappa shape index (κ1) is 9.65. The fourth-order valence-corrected chi connectivity index (χ4v) is 1.51. The maximum absolute atomic E-state index is 5.65. The minimum absolute atomic E-state index is 0.464. The molecular weight excluding hydrogens is 186 g/mol. The van der Waals surface area contributed by atoms with Crippen LogP contribution in [-0.2, 0) is 6.42 Å². The topological polar surface area (TPSA) is 51.8 Å². The third kappa shape index (κ3) is 1.96. The van der Waals surface area contributed by atoms with Crippen LogP contribution in [-0.4, -0.2) is 9.97 Å². The van der Waals surface area contributed by atoms with Crippen LogP contribution in [0.25, 0.3) is 11.3 Å². The number of hydrogen-bond donors (Lipinski definition) is 1. The molecule has 0 aliphatic heterocycles. The molecule has 15 heavy (non-hydrogen) atoms. The second-order valence-electron chi connectivity index (χ2n) is 3.31. The zero-order valence-electron chi connectivity index (χ0n) is 8.64. The van der Waals surface area contributed by atoms with E-state index < -0.39 is 0 Å². The van der Waals surface area contributed by atoms with Gasteiger partial charge in [0.1, 0.15) is 5.82 Å². The maximum atomic E-state index is 5.65. The summed E-state index contributed by atoms with van der Waals surface area (Å²) >= 11 is 0. The van der Waals surface area contributed by atoms with Crippen molar-refractivity contribution in [3.63, 3.8) is 0 Å². The molecule has 1 aromatic carbocycles. The van der Waals surface area contributed by atoms with E-state index in [1.54, 1.807) is 6.20 Å². The second kappa shape index (κ2) is 4.09. The fraction of sp³-hybridized carbons (Fsp3) is 0.167. The first-order chi connectivity index (χ1) is 7.31. The van der Waals surface area contributed by atoms with Crippen molar-refractivity contribution in [3.8, 4) is 11.3 Å². The van der Waals surface area contributed by atoms with Crippen LogP contribution in [0, 0.1) is 0 Å². The van der Waals surface area contributed by atoms with Crippen molar-refractivity contribution in [2.75, 3.05) is 5.73 Å². The lowest BCUT2D eigenvalue weighted by atomic mass is 10.1. The Morgan fingerprint density at radius 1 is 1.20 bits per heavy atom. The molecule has 0 aliphatic rings. The molecule has 0 unspecified atom stereocenters. The Bertz CT molecular complexity index is 452. The SMILES string of the molecule is CCc1ncc(N)nc1-c1ccccc1. The standard InChI is InChI=1S/C12H13N3/c1-2-10-12(15-11(13)8-14-10)9-6-4-3-5-7-9/h3-8H,2H2,1H3,(H2,13,15). The molecule has 0 saturated heterocycles. The van der Waals surface area contributed by atoms with Crippen molar-refractivity contribution in [1.29, 1.82) is 0 Å². The minimum Gasteiger partial charge on any atom is -0.382 e. The Morgan fingerprint density at radius 2 is 1.93 bits per heavy atom. The molecule has 0 atom stereocenters. The smallest absolute Gasteiger partial charge is 0.142 e. The molecular formula is C12H13N3. The molecule has 0 amide bonds. The van der Waals surface area contributed by atoms with Gasteiger partial charge in [-0.05, 0) is 6.42 Å². The van der Waals surface area contributed by atoms with Crippen LogP contribution >= 0.6 is 0 Å². The molecule has 0 saturated carbocycles. The van der Waals surface area contributed by atoms with E-state index in [0.29, 0.717) is 5.82 Å². The number of nitrogens with zero attached hydrogens (tertiary/aromatic N) is 2. The van der Waals surface area contributed by atoms with Gasteiger partial charge in [0.2, 0.25) is 0 Å². The van der Waals surface area contributed by atoms with E-state index in [4.69, 9.17) is 5.73 Å². The summed E-state index contributed by atoms with van der Waals surface area (Å²) in [7, 11) is 0. The Kier molecular flexibility index (Phi) is 2.63. The molecule has 0 fully saturated rings. The molecule has 2 rings (SSSR count). The zero-order chi connectivity index (χ0) is 10.7. The molecule has 2 N–H and O–H groups in total. The lowest BCUT2D eigenvalue weighted by molar-refractivity contribution is 1.01. The third-order valence-corrected chi connectivity index (χ3v) is 2.25. The summed E-state index contributed by atoms with van der Waals surface area (Å²) < 4.78 is 0. The first-order valence-corrected chi connectivity index (χ1v) is 4.98. The van der Waals surface area contributed by atoms with Gasteiger partial charge >= 0.3 is 0 Å². The molecule has 0 bridgehead atoms. The summed E-state index contributed by atoms with van der Waals surface area (Å²) in [6.07, 6.45) is 2.46. The lowest BCUT2D eigenvalue weighted by Crippen LogP contribution is -1.99. The van der Waals surface area contributed by atoms with Crippen LogP contribution in [0.1, 0.15) is 12.6 Å². The average molecular weight is 199 g/mol. The van der Waals surface area contributed by atoms with Crippen molar-refractivity contribution in [3.05, 3.63) is 42.2 Å². The maximum Gasteiger partial charge on any atom is 0.142 e. The number of aryl methyl sites for hydroxylation is 1. The van der Waals surface area contributed by atoms with Crippen LogP contribution in [0.2, 0.25) is 0 Å². The Hall–Kier alpha value is -1.90. The van der Waals surface area contributed by atoms with E-state index in [-0.39, 0.29) is 0 Å². The molecule has 3 nitrogen and oxygen atoms in total. The molecule has 76 valence electrons. The number of nitrogen functional groups attached to an aromatic ring is 1. The predicted molar refractivity (Wildman–Crippen MR) is 61.3 cm³/mol. The first-order valence-electron chi connectivity index (χ1n) is 4.98. The normalized spacial score (nSPS) is 10.2. The van der Waals surface area contributed by atoms with Crippen molar-refractivity contribution < 1.29 is 0 Å². The summed E-state index contributed by atoms with van der Waals surface area (Å²) in [5.41, 5.74) is 8.58. The highest BCUT2D eigenvalue weighted by atomic mass is 14.9. The quantitative estimate of drug-likeness (QED) is 0.807. The molecule has 1 aromatic heterocycles. The van der Waals surface area contributed by atoms with Gasteiger partial charge in [-0.3, -0.25) is 4.98 Å². The average Bonchev–Trinajstić information content (AvgIpc) is 2.30. The summed E-state index contributed by atoms with van der Waals surface area (Å²) in [6, 6.07) is 9.99. The highest BCUT2D eigenvalue weighted by Gasteiger charge is 2.06. The van der Waals surface area contributed by atoms with E-state index in [0.717, 1.165) is 23.4 Å². The number of hydrogen-bond acceptors (Lipinski definition) is 3. The number of nitrogens with two attached hydrogens (primary N) is 1. The van der Waals surface area contributed by atoms with E-state index in [9.17, 15) is 0 Å². The molecule has 2 aromatic rings. The monoisotopic (exact) mass is 199 g/mol. The van der Waals surface area contributed by atoms with E-state index >= 15 is 0 Å². The fourth-order valence-electron chi connectivity index (χ4n) is 1.51. The lowest BCUT2D eigenvalue weighted by Gasteiger charge is -2.06. The zero-order valence-corrected chi connectivity index (χ0v) is 8.64. The summed E-state index contributed by atoms with van der Waals surface area (Å²) in [5, 5.41) is 0. The van der Waals surface area contributed by atoms with Gasteiger partial charge in [0.25, 0.3) is 0 Å². The predicted octanol–water partition coefficient (Wildman–Crippen LogP) is 2.29. The van der Waals surface area contributed by atoms with Crippen LogP contribution in [0.5, 0.6) is 0 Å². The number of aromatic nitrogens is 2. The number of rotatable bonds is 2. The Morgan fingerprint density at radius 3 is 2.60 bits per heavy atom. The van der Waals surface area contributed by atoms with Gasteiger partial charge < -0.3 is 5.73 Å². The van der Waals surface area contributed by atoms with Gasteiger partial charge in [-0.2, -0.15) is 0 Å². The Balaban J connectivity index is 2.56. The van der Waals surface area contributed by atoms with E-state index in [2.05, 4.69) is 16.9 Å². The number of benzene rings is 1. The summed E-state index contributed by atoms with van der Waals surface area (Å²) in [4.78, 5) is 8.62. The van der Waals surface area contributed by atoms with Crippen molar-refractivity contribution in [2.45, 2.75) is 13.3 Å². The highest BCUT2D eigenvalue weighted by molar-refractivity contribution is 5.62. The molecule has 0 spiro atoms. The Labute approximate surface area is 89.0 Å². The van der Waals surface area contributed by atoms with E-state index in [1.807, 2.05) is 30.3 Å². The van der Waals surface area contributed by atoms with Gasteiger partial charge in [0.05, 0.1) is 17.6 Å². The van der Waals surface area contributed by atoms with E-state index in [1.165, 1.54) is 0 Å². The largest absolute Gasteiger partial charge is 0.382 e. The molecule has 1 heterocycles. The van der Waals surface area contributed by atoms with Gasteiger partial charge in [-0.15, -0.1) is 0 Å². The summed E-state index contributed by atoms with van der Waals surface area (Å²) in [5.74, 6) is 0.464. The van der Waals surface area contributed by atoms with Gasteiger partial charge in [0.15, 0.2) is 0 Å². The van der Waals surface area contributed by atoms with Gasteiger partial charge in [-0.1, -0.05) is 37.3 Å². The highest BCUT2D eigenvalue weighted by Crippen LogP contribution is 2.20. The van der Waals surface area contributed by atoms with Gasteiger partial charge in [0, 0.05) is 5.56 Å². The minimum atomic E-state index is 0.464. The van der Waals surface area contributed by atoms with Gasteiger partial charge in [-0.25, -0.2) is 4.98 Å². The van der Waals surface area contributed by atoms with Crippen LogP contribution in [0.15, 0.2) is 36.5 Å². The second-order valence-corrected chi connectivity index (χ2v) is 3.31. The van der Waals surface area contributed by atoms with Crippen molar-refractivity contribution >= 4 is 5.82 Å². The van der Waals surface area contributed by atoms with Crippen molar-refractivity contribution in [2.24, 2.45) is 0 Å². The third-order valence-electron chi connectivity index (χ3n) is 2.25.